The average Bonchev–Trinajstić information content (AvgIpc) is 2.68. The standard InChI is InChI=1S/C22H38N4O.HI/c1-18(2)26(5)17-21-9-7-6-8-20(21)16-24-22(23-3)25(4)13-10-19-11-14-27-15-12-19;/h6-9,18-19H,10-17H2,1-5H3,(H,23,24);1H. The van der Waals surface area contributed by atoms with Crippen LogP contribution in [-0.2, 0) is 17.8 Å². The molecule has 0 bridgehead atoms. The number of aliphatic imine (C=N–C) groups is 1. The minimum atomic E-state index is 0. The Labute approximate surface area is 188 Å². The van der Waals surface area contributed by atoms with Crippen LogP contribution in [0.5, 0.6) is 0 Å². The smallest absolute Gasteiger partial charge is 0.193 e. The van der Waals surface area contributed by atoms with Gasteiger partial charge in [0.25, 0.3) is 0 Å². The summed E-state index contributed by atoms with van der Waals surface area (Å²) in [4.78, 5) is 9.10. The second-order valence-electron chi connectivity index (χ2n) is 7.94. The number of hydrogen-bond donors (Lipinski definition) is 1. The normalized spacial score (nSPS) is 15.6. The maximum atomic E-state index is 5.46. The van der Waals surface area contributed by atoms with Crippen molar-refractivity contribution in [3.05, 3.63) is 35.4 Å². The summed E-state index contributed by atoms with van der Waals surface area (Å²) in [5.74, 6) is 1.75. The highest BCUT2D eigenvalue weighted by Crippen LogP contribution is 2.18. The van der Waals surface area contributed by atoms with Gasteiger partial charge in [-0.05, 0) is 57.2 Å². The number of rotatable bonds is 8. The maximum absolute atomic E-state index is 5.46. The van der Waals surface area contributed by atoms with Crippen LogP contribution < -0.4 is 5.32 Å². The molecular weight excluding hydrogens is 463 g/mol. The molecule has 0 aromatic heterocycles. The van der Waals surface area contributed by atoms with Gasteiger partial charge in [-0.2, -0.15) is 0 Å². The zero-order chi connectivity index (χ0) is 19.6. The summed E-state index contributed by atoms with van der Waals surface area (Å²) in [5.41, 5.74) is 2.71. The van der Waals surface area contributed by atoms with Crippen LogP contribution in [0.2, 0.25) is 0 Å². The Kier molecular flexibility index (Phi) is 12.0. The van der Waals surface area contributed by atoms with Crippen molar-refractivity contribution in [3.8, 4) is 0 Å². The van der Waals surface area contributed by atoms with Crippen molar-refractivity contribution in [1.82, 2.24) is 15.1 Å². The van der Waals surface area contributed by atoms with E-state index >= 15 is 0 Å². The predicted molar refractivity (Wildman–Crippen MR) is 129 cm³/mol. The molecule has 1 fully saturated rings. The highest BCUT2D eigenvalue weighted by molar-refractivity contribution is 14.0. The van der Waals surface area contributed by atoms with Crippen molar-refractivity contribution >= 4 is 29.9 Å². The van der Waals surface area contributed by atoms with Crippen molar-refractivity contribution in [2.75, 3.05) is 40.9 Å². The molecule has 1 aliphatic heterocycles. The quantitative estimate of drug-likeness (QED) is 0.332. The topological polar surface area (TPSA) is 40.1 Å². The summed E-state index contributed by atoms with van der Waals surface area (Å²) >= 11 is 0. The van der Waals surface area contributed by atoms with Crippen LogP contribution in [0.1, 0.15) is 44.2 Å². The zero-order valence-electron chi connectivity index (χ0n) is 18.3. The van der Waals surface area contributed by atoms with E-state index in [9.17, 15) is 0 Å². The van der Waals surface area contributed by atoms with Gasteiger partial charge in [0.1, 0.15) is 0 Å². The number of nitrogens with zero attached hydrogens (tertiary/aromatic N) is 3. The first-order valence-corrected chi connectivity index (χ1v) is 10.3. The first-order chi connectivity index (χ1) is 13.0. The van der Waals surface area contributed by atoms with Gasteiger partial charge in [0.05, 0.1) is 0 Å². The minimum absolute atomic E-state index is 0. The fourth-order valence-electron chi connectivity index (χ4n) is 3.41. The molecule has 0 amide bonds. The number of ether oxygens (including phenoxy) is 1. The van der Waals surface area contributed by atoms with E-state index in [-0.39, 0.29) is 24.0 Å². The number of benzene rings is 1. The highest BCUT2D eigenvalue weighted by atomic mass is 127. The van der Waals surface area contributed by atoms with Crippen molar-refractivity contribution in [2.24, 2.45) is 10.9 Å². The molecule has 1 aromatic rings. The van der Waals surface area contributed by atoms with Gasteiger partial charge in [-0.15, -0.1) is 24.0 Å². The zero-order valence-corrected chi connectivity index (χ0v) is 20.6. The summed E-state index contributed by atoms with van der Waals surface area (Å²) in [6.07, 6.45) is 3.59. The molecule has 0 unspecified atom stereocenters. The van der Waals surface area contributed by atoms with Gasteiger partial charge in [0.15, 0.2) is 5.96 Å². The second-order valence-corrected chi connectivity index (χ2v) is 7.94. The van der Waals surface area contributed by atoms with Crippen LogP contribution in [0.25, 0.3) is 0 Å². The van der Waals surface area contributed by atoms with Crippen LogP contribution in [-0.4, -0.2) is 62.7 Å². The van der Waals surface area contributed by atoms with Crippen molar-refractivity contribution in [1.29, 1.82) is 0 Å². The second kappa shape index (κ2) is 13.4. The fraction of sp³-hybridized carbons (Fsp3) is 0.682. The third kappa shape index (κ3) is 8.25. The van der Waals surface area contributed by atoms with Gasteiger partial charge in [-0.25, -0.2) is 0 Å². The number of nitrogens with one attached hydrogen (secondary N) is 1. The van der Waals surface area contributed by atoms with Gasteiger partial charge in [0.2, 0.25) is 0 Å². The van der Waals surface area contributed by atoms with E-state index in [1.54, 1.807) is 0 Å². The lowest BCUT2D eigenvalue weighted by atomic mass is 9.96. The summed E-state index contributed by atoms with van der Waals surface area (Å²) in [7, 11) is 6.18. The van der Waals surface area contributed by atoms with Crippen molar-refractivity contribution < 1.29 is 4.74 Å². The molecule has 1 heterocycles. The molecule has 1 aromatic carbocycles. The van der Waals surface area contributed by atoms with Gasteiger partial charge in [-0.3, -0.25) is 9.89 Å². The minimum Gasteiger partial charge on any atom is -0.381 e. The van der Waals surface area contributed by atoms with Crippen molar-refractivity contribution in [3.63, 3.8) is 0 Å². The lowest BCUT2D eigenvalue weighted by Crippen LogP contribution is -2.40. The molecule has 1 aliphatic rings. The van der Waals surface area contributed by atoms with E-state index in [1.807, 2.05) is 7.05 Å². The number of hydrogen-bond acceptors (Lipinski definition) is 3. The molecule has 160 valence electrons. The van der Waals surface area contributed by atoms with E-state index in [4.69, 9.17) is 4.74 Å². The van der Waals surface area contributed by atoms with Gasteiger partial charge in [0, 0.05) is 53.0 Å². The molecule has 0 spiro atoms. The van der Waals surface area contributed by atoms with Gasteiger partial charge >= 0.3 is 0 Å². The number of halogens is 1. The molecule has 1 N–H and O–H groups in total. The van der Waals surface area contributed by atoms with E-state index in [0.717, 1.165) is 44.7 Å². The molecular formula is C22H39IN4O. The Morgan fingerprint density at radius 1 is 1.18 bits per heavy atom. The molecule has 28 heavy (non-hydrogen) atoms. The van der Waals surface area contributed by atoms with E-state index in [2.05, 4.69) is 72.3 Å². The molecule has 1 saturated heterocycles. The monoisotopic (exact) mass is 502 g/mol. The maximum Gasteiger partial charge on any atom is 0.193 e. The Balaban J connectivity index is 0.00000392. The summed E-state index contributed by atoms with van der Waals surface area (Å²) in [5, 5.41) is 3.55. The largest absolute Gasteiger partial charge is 0.381 e. The third-order valence-corrected chi connectivity index (χ3v) is 5.64. The Bertz CT molecular complexity index is 588. The first kappa shape index (κ1) is 25.2. The van der Waals surface area contributed by atoms with Crippen molar-refractivity contribution in [2.45, 2.75) is 52.2 Å². The number of guanidine groups is 1. The van der Waals surface area contributed by atoms with Crippen LogP contribution in [0.15, 0.2) is 29.3 Å². The van der Waals surface area contributed by atoms with Crippen LogP contribution >= 0.6 is 24.0 Å². The van der Waals surface area contributed by atoms with Crippen LogP contribution in [0, 0.1) is 5.92 Å². The Morgan fingerprint density at radius 2 is 1.82 bits per heavy atom. The summed E-state index contributed by atoms with van der Waals surface area (Å²) in [6.45, 7) is 9.10. The molecule has 0 aliphatic carbocycles. The van der Waals surface area contributed by atoms with Crippen LogP contribution in [0.4, 0.5) is 0 Å². The van der Waals surface area contributed by atoms with Gasteiger partial charge in [-0.1, -0.05) is 24.3 Å². The molecule has 0 atom stereocenters. The molecule has 6 heteroatoms. The predicted octanol–water partition coefficient (Wildman–Crippen LogP) is 3.97. The third-order valence-electron chi connectivity index (χ3n) is 5.64. The summed E-state index contributed by atoms with van der Waals surface area (Å²) in [6, 6.07) is 9.23. The molecule has 0 radical (unpaired) electrons. The Hall–Kier alpha value is -0.860. The van der Waals surface area contributed by atoms with E-state index in [1.165, 1.54) is 30.4 Å². The lowest BCUT2D eigenvalue weighted by Gasteiger charge is -2.27. The van der Waals surface area contributed by atoms with E-state index < -0.39 is 0 Å². The average molecular weight is 502 g/mol. The Morgan fingerprint density at radius 3 is 2.43 bits per heavy atom. The molecule has 2 rings (SSSR count). The molecule has 5 nitrogen and oxygen atoms in total. The van der Waals surface area contributed by atoms with E-state index in [0.29, 0.717) is 6.04 Å². The first-order valence-electron chi connectivity index (χ1n) is 10.3. The summed E-state index contributed by atoms with van der Waals surface area (Å²) < 4.78 is 5.46. The lowest BCUT2D eigenvalue weighted by molar-refractivity contribution is 0.0625. The SMILES string of the molecule is CN=C(NCc1ccccc1CN(C)C(C)C)N(C)CCC1CCOCC1.I. The molecule has 0 saturated carbocycles. The highest BCUT2D eigenvalue weighted by Gasteiger charge is 2.15. The van der Waals surface area contributed by atoms with Gasteiger partial charge < -0.3 is 15.0 Å². The fourth-order valence-corrected chi connectivity index (χ4v) is 3.41. The van der Waals surface area contributed by atoms with Crippen LogP contribution in [0.3, 0.4) is 0 Å².